The van der Waals surface area contributed by atoms with Gasteiger partial charge in [0.2, 0.25) is 0 Å². The number of nitrogens with zero attached hydrogens (tertiary/aromatic N) is 2. The Balaban J connectivity index is 1.30. The largest absolute Gasteiger partial charge is 0.455 e. The van der Waals surface area contributed by atoms with Crippen LogP contribution in [0.4, 0.5) is 0 Å². The van der Waals surface area contributed by atoms with Gasteiger partial charge in [0, 0.05) is 33.2 Å². The van der Waals surface area contributed by atoms with Crippen LogP contribution in [0.5, 0.6) is 11.5 Å². The maximum Gasteiger partial charge on any atom is 0.160 e. The van der Waals surface area contributed by atoms with E-state index in [1.807, 2.05) is 42.5 Å². The molecule has 0 fully saturated rings. The zero-order chi connectivity index (χ0) is 32.6. The van der Waals surface area contributed by atoms with E-state index in [1.165, 1.54) is 0 Å². The standard InChI is InChI=1S/C46H30N2O/c1-3-15-34(16-4-1)42-30-43(35-17-5-2-6-18-35)48-46(47-42)36-26-25-33-24-23-31-13-7-9-19-37(31)39-21-11-12-22-44(39)49-45-38-20-10-8-14-32(38)27-28-40(45)41(33)29-36/h1-30H. The van der Waals surface area contributed by atoms with E-state index in [-0.39, 0.29) is 0 Å². The molecule has 230 valence electrons. The Hall–Kier alpha value is -6.58. The van der Waals surface area contributed by atoms with E-state index in [0.29, 0.717) is 5.82 Å². The minimum atomic E-state index is 0.667. The summed E-state index contributed by atoms with van der Waals surface area (Å²) < 4.78 is 7.04. The molecule has 7 aromatic carbocycles. The maximum absolute atomic E-state index is 7.04. The predicted molar refractivity (Wildman–Crippen MR) is 202 cm³/mol. The molecular formula is C46H30N2O. The first-order valence-corrected chi connectivity index (χ1v) is 16.5. The van der Waals surface area contributed by atoms with Crippen LogP contribution in [0.15, 0.2) is 170 Å². The lowest BCUT2D eigenvalue weighted by atomic mass is 9.93. The molecule has 0 atom stereocenters. The quantitative estimate of drug-likeness (QED) is 0.196. The highest BCUT2D eigenvalue weighted by atomic mass is 16.5. The molecule has 0 bridgehead atoms. The Morgan fingerprint density at radius 1 is 0.388 bits per heavy atom. The second-order valence-corrected chi connectivity index (χ2v) is 12.2. The first kappa shape index (κ1) is 28.6. The zero-order valence-electron chi connectivity index (χ0n) is 26.6. The molecule has 8 aromatic rings. The topological polar surface area (TPSA) is 35.0 Å². The van der Waals surface area contributed by atoms with Crippen LogP contribution in [-0.4, -0.2) is 9.97 Å². The molecule has 49 heavy (non-hydrogen) atoms. The molecule has 0 unspecified atom stereocenters. The van der Waals surface area contributed by atoms with Crippen molar-refractivity contribution >= 4 is 22.9 Å². The third-order valence-electron chi connectivity index (χ3n) is 9.14. The lowest BCUT2D eigenvalue weighted by Gasteiger charge is -2.18. The molecular weight excluding hydrogens is 597 g/mol. The van der Waals surface area contributed by atoms with Gasteiger partial charge >= 0.3 is 0 Å². The summed E-state index contributed by atoms with van der Waals surface area (Å²) in [6.07, 6.45) is 4.41. The number of para-hydroxylation sites is 1. The highest BCUT2D eigenvalue weighted by Crippen LogP contribution is 2.45. The van der Waals surface area contributed by atoms with Crippen molar-refractivity contribution in [1.29, 1.82) is 0 Å². The number of hydrogen-bond acceptors (Lipinski definition) is 3. The van der Waals surface area contributed by atoms with Crippen LogP contribution in [0.1, 0.15) is 11.1 Å². The Kier molecular flexibility index (Phi) is 7.14. The minimum Gasteiger partial charge on any atom is -0.455 e. The average Bonchev–Trinajstić information content (AvgIpc) is 3.20. The van der Waals surface area contributed by atoms with E-state index < -0.39 is 0 Å². The summed E-state index contributed by atoms with van der Waals surface area (Å²) >= 11 is 0. The lowest BCUT2D eigenvalue weighted by Crippen LogP contribution is -1.97. The van der Waals surface area contributed by atoms with E-state index in [1.54, 1.807) is 0 Å². The Labute approximate surface area is 285 Å². The fourth-order valence-corrected chi connectivity index (χ4v) is 6.68. The molecule has 1 aliphatic heterocycles. The number of benzene rings is 7. The molecule has 9 rings (SSSR count). The number of fused-ring (bicyclic) bond motifs is 8. The van der Waals surface area contributed by atoms with Crippen molar-refractivity contribution in [3.8, 4) is 67.7 Å². The third-order valence-corrected chi connectivity index (χ3v) is 9.14. The van der Waals surface area contributed by atoms with Crippen molar-refractivity contribution in [2.24, 2.45) is 0 Å². The molecule has 0 radical (unpaired) electrons. The molecule has 0 saturated heterocycles. The molecule has 2 heterocycles. The monoisotopic (exact) mass is 626 g/mol. The van der Waals surface area contributed by atoms with E-state index in [0.717, 1.165) is 83.7 Å². The zero-order valence-corrected chi connectivity index (χ0v) is 26.6. The molecule has 3 nitrogen and oxygen atoms in total. The van der Waals surface area contributed by atoms with Crippen molar-refractivity contribution < 1.29 is 4.74 Å². The van der Waals surface area contributed by atoms with Crippen LogP contribution in [-0.2, 0) is 0 Å². The number of ether oxygens (including phenoxy) is 1. The van der Waals surface area contributed by atoms with Crippen LogP contribution >= 0.6 is 0 Å². The maximum atomic E-state index is 7.04. The summed E-state index contributed by atoms with van der Waals surface area (Å²) in [6.45, 7) is 0. The molecule has 1 aromatic heterocycles. The SMILES string of the molecule is C1=Cc2ccc(-c3nc(-c4ccccc4)cc(-c4ccccc4)n3)cc2-c2ccc3ccccc3c2Oc2ccccc2-c2ccccc21. The Morgan fingerprint density at radius 2 is 1.00 bits per heavy atom. The van der Waals surface area contributed by atoms with Crippen molar-refractivity contribution in [2.75, 3.05) is 0 Å². The van der Waals surface area contributed by atoms with Gasteiger partial charge in [-0.1, -0.05) is 158 Å². The van der Waals surface area contributed by atoms with Gasteiger partial charge < -0.3 is 4.74 Å². The predicted octanol–water partition coefficient (Wildman–Crippen LogP) is 12.2. The first-order chi connectivity index (χ1) is 24.3. The highest BCUT2D eigenvalue weighted by Gasteiger charge is 2.20. The van der Waals surface area contributed by atoms with Crippen LogP contribution < -0.4 is 4.74 Å². The second-order valence-electron chi connectivity index (χ2n) is 12.2. The van der Waals surface area contributed by atoms with Gasteiger partial charge in [-0.3, -0.25) is 0 Å². The molecule has 0 aliphatic carbocycles. The average molecular weight is 627 g/mol. The van der Waals surface area contributed by atoms with Crippen LogP contribution in [0.25, 0.3) is 79.1 Å². The molecule has 3 heteroatoms. The van der Waals surface area contributed by atoms with Gasteiger partial charge in [0.25, 0.3) is 0 Å². The van der Waals surface area contributed by atoms with E-state index in [4.69, 9.17) is 14.7 Å². The minimum absolute atomic E-state index is 0.667. The van der Waals surface area contributed by atoms with Gasteiger partial charge in [-0.15, -0.1) is 0 Å². The number of rotatable bonds is 3. The third kappa shape index (κ3) is 5.38. The Bertz CT molecular complexity index is 2460. The van der Waals surface area contributed by atoms with E-state index in [2.05, 4.69) is 140 Å². The van der Waals surface area contributed by atoms with Gasteiger partial charge in [-0.2, -0.15) is 0 Å². The van der Waals surface area contributed by atoms with Crippen molar-refractivity contribution in [2.45, 2.75) is 0 Å². The molecule has 0 spiro atoms. The normalized spacial score (nSPS) is 11.8. The number of aromatic nitrogens is 2. The second kappa shape index (κ2) is 12.2. The molecule has 0 amide bonds. The molecule has 0 N–H and O–H groups in total. The van der Waals surface area contributed by atoms with Crippen molar-refractivity contribution in [3.63, 3.8) is 0 Å². The van der Waals surface area contributed by atoms with Crippen molar-refractivity contribution in [1.82, 2.24) is 9.97 Å². The van der Waals surface area contributed by atoms with Crippen molar-refractivity contribution in [3.05, 3.63) is 181 Å². The summed E-state index contributed by atoms with van der Waals surface area (Å²) in [5.74, 6) is 2.30. The summed E-state index contributed by atoms with van der Waals surface area (Å²) in [5.41, 5.74) is 11.2. The molecule has 0 saturated carbocycles. The van der Waals surface area contributed by atoms with Crippen LogP contribution in [0, 0.1) is 0 Å². The number of hydrogen-bond donors (Lipinski definition) is 0. The van der Waals surface area contributed by atoms with E-state index in [9.17, 15) is 0 Å². The lowest BCUT2D eigenvalue weighted by molar-refractivity contribution is 0.492. The van der Waals surface area contributed by atoms with Gasteiger partial charge in [0.15, 0.2) is 5.82 Å². The van der Waals surface area contributed by atoms with Gasteiger partial charge in [0.05, 0.1) is 11.4 Å². The highest BCUT2D eigenvalue weighted by molar-refractivity contribution is 5.99. The smallest absolute Gasteiger partial charge is 0.160 e. The van der Waals surface area contributed by atoms with Crippen LogP contribution in [0.2, 0.25) is 0 Å². The van der Waals surface area contributed by atoms with Gasteiger partial charge in [0.1, 0.15) is 11.5 Å². The summed E-state index contributed by atoms with van der Waals surface area (Å²) in [5, 5.41) is 2.17. The van der Waals surface area contributed by atoms with Gasteiger partial charge in [-0.25, -0.2) is 9.97 Å². The summed E-state index contributed by atoms with van der Waals surface area (Å²) in [7, 11) is 0. The van der Waals surface area contributed by atoms with Gasteiger partial charge in [-0.05, 0) is 51.9 Å². The fourth-order valence-electron chi connectivity index (χ4n) is 6.68. The summed E-state index contributed by atoms with van der Waals surface area (Å²) in [4.78, 5) is 10.3. The Morgan fingerprint density at radius 3 is 1.76 bits per heavy atom. The fraction of sp³-hybridized carbons (Fsp3) is 0. The van der Waals surface area contributed by atoms with E-state index >= 15 is 0 Å². The summed E-state index contributed by atoms with van der Waals surface area (Å²) in [6, 6.07) is 58.8. The molecule has 1 aliphatic rings. The first-order valence-electron chi connectivity index (χ1n) is 16.5. The van der Waals surface area contributed by atoms with Crippen LogP contribution in [0.3, 0.4) is 0 Å².